The predicted molar refractivity (Wildman–Crippen MR) is 93.4 cm³/mol. The molecular formula is C18H20BrNO2. The Morgan fingerprint density at radius 1 is 1.23 bits per heavy atom. The minimum absolute atomic E-state index is 0.143. The quantitative estimate of drug-likeness (QED) is 0.825. The fourth-order valence-electron chi connectivity index (χ4n) is 2.09. The molecule has 22 heavy (non-hydrogen) atoms. The SMILES string of the molecule is CCC(Oc1cc(C)ccc1C)C(=O)Nc1ccccc1Br. The van der Waals surface area contributed by atoms with Crippen LogP contribution in [0, 0.1) is 13.8 Å². The van der Waals surface area contributed by atoms with Crippen molar-refractivity contribution in [3.63, 3.8) is 0 Å². The lowest BCUT2D eigenvalue weighted by Crippen LogP contribution is -2.32. The molecule has 3 nitrogen and oxygen atoms in total. The molecule has 1 amide bonds. The van der Waals surface area contributed by atoms with Crippen LogP contribution in [-0.2, 0) is 4.79 Å². The van der Waals surface area contributed by atoms with E-state index in [1.807, 2.05) is 63.2 Å². The molecule has 1 N–H and O–H groups in total. The van der Waals surface area contributed by atoms with Crippen molar-refractivity contribution < 1.29 is 9.53 Å². The summed E-state index contributed by atoms with van der Waals surface area (Å²) in [5, 5.41) is 2.90. The van der Waals surface area contributed by atoms with Crippen LogP contribution in [-0.4, -0.2) is 12.0 Å². The van der Waals surface area contributed by atoms with Gasteiger partial charge in [-0.25, -0.2) is 0 Å². The summed E-state index contributed by atoms with van der Waals surface area (Å²) in [7, 11) is 0. The maximum atomic E-state index is 12.4. The van der Waals surface area contributed by atoms with E-state index in [9.17, 15) is 4.79 Å². The molecule has 116 valence electrons. The summed E-state index contributed by atoms with van der Waals surface area (Å²) in [6, 6.07) is 13.5. The molecule has 4 heteroatoms. The average Bonchev–Trinajstić information content (AvgIpc) is 2.50. The Morgan fingerprint density at radius 2 is 1.95 bits per heavy atom. The third kappa shape index (κ3) is 4.10. The number of aryl methyl sites for hydroxylation is 2. The molecule has 0 spiro atoms. The van der Waals surface area contributed by atoms with E-state index in [4.69, 9.17) is 4.74 Å². The van der Waals surface area contributed by atoms with E-state index >= 15 is 0 Å². The van der Waals surface area contributed by atoms with Crippen molar-refractivity contribution in [2.24, 2.45) is 0 Å². The molecule has 0 saturated carbocycles. The second kappa shape index (κ2) is 7.45. The fraction of sp³-hybridized carbons (Fsp3) is 0.278. The number of ether oxygens (including phenoxy) is 1. The molecule has 1 unspecified atom stereocenters. The van der Waals surface area contributed by atoms with E-state index in [-0.39, 0.29) is 5.91 Å². The molecule has 0 saturated heterocycles. The summed E-state index contributed by atoms with van der Waals surface area (Å²) in [5.41, 5.74) is 2.88. The molecule has 0 heterocycles. The smallest absolute Gasteiger partial charge is 0.265 e. The first kappa shape index (κ1) is 16.6. The Morgan fingerprint density at radius 3 is 2.64 bits per heavy atom. The highest BCUT2D eigenvalue weighted by Gasteiger charge is 2.20. The predicted octanol–water partition coefficient (Wildman–Crippen LogP) is 4.86. The molecule has 0 bridgehead atoms. The van der Waals surface area contributed by atoms with Crippen molar-refractivity contribution in [1.29, 1.82) is 0 Å². The summed E-state index contributed by atoms with van der Waals surface area (Å²) in [6.07, 6.45) is 0.0801. The Hall–Kier alpha value is -1.81. The van der Waals surface area contributed by atoms with Gasteiger partial charge in [-0.1, -0.05) is 31.2 Å². The number of hydrogen-bond donors (Lipinski definition) is 1. The summed E-state index contributed by atoms with van der Waals surface area (Å²) < 4.78 is 6.77. The van der Waals surface area contributed by atoms with Gasteiger partial charge in [-0.05, 0) is 65.5 Å². The highest BCUT2D eigenvalue weighted by Crippen LogP contribution is 2.24. The van der Waals surface area contributed by atoms with Gasteiger partial charge >= 0.3 is 0 Å². The number of halogens is 1. The van der Waals surface area contributed by atoms with Crippen molar-refractivity contribution in [3.05, 3.63) is 58.1 Å². The third-order valence-electron chi connectivity index (χ3n) is 3.41. The van der Waals surface area contributed by atoms with Gasteiger partial charge in [0.15, 0.2) is 6.10 Å². The number of rotatable bonds is 5. The van der Waals surface area contributed by atoms with E-state index < -0.39 is 6.10 Å². The van der Waals surface area contributed by atoms with Crippen LogP contribution in [0.2, 0.25) is 0 Å². The van der Waals surface area contributed by atoms with Crippen molar-refractivity contribution >= 4 is 27.5 Å². The van der Waals surface area contributed by atoms with Crippen molar-refractivity contribution in [1.82, 2.24) is 0 Å². The fourth-order valence-corrected chi connectivity index (χ4v) is 2.47. The number of carbonyl (C=O) groups is 1. The monoisotopic (exact) mass is 361 g/mol. The van der Waals surface area contributed by atoms with Gasteiger partial charge in [0.25, 0.3) is 5.91 Å². The molecule has 0 aliphatic heterocycles. The highest BCUT2D eigenvalue weighted by atomic mass is 79.9. The van der Waals surface area contributed by atoms with Crippen LogP contribution in [0.15, 0.2) is 46.9 Å². The zero-order valence-corrected chi connectivity index (χ0v) is 14.6. The average molecular weight is 362 g/mol. The summed E-state index contributed by atoms with van der Waals surface area (Å²) >= 11 is 3.43. The minimum atomic E-state index is -0.521. The Kier molecular flexibility index (Phi) is 5.61. The standard InChI is InChI=1S/C18H20BrNO2/c1-4-16(22-17-11-12(2)9-10-13(17)3)18(21)20-15-8-6-5-7-14(15)19/h5-11,16H,4H2,1-3H3,(H,20,21). The van der Waals surface area contributed by atoms with Crippen LogP contribution in [0.25, 0.3) is 0 Å². The Labute approximate surface area is 139 Å². The van der Waals surface area contributed by atoms with Crippen LogP contribution in [0.4, 0.5) is 5.69 Å². The molecule has 0 radical (unpaired) electrons. The van der Waals surface area contributed by atoms with Crippen LogP contribution in [0.1, 0.15) is 24.5 Å². The minimum Gasteiger partial charge on any atom is -0.480 e. The first-order valence-corrected chi connectivity index (χ1v) is 8.10. The lowest BCUT2D eigenvalue weighted by atomic mass is 10.1. The molecule has 0 aliphatic rings. The van der Waals surface area contributed by atoms with Gasteiger partial charge < -0.3 is 10.1 Å². The van der Waals surface area contributed by atoms with Crippen molar-refractivity contribution in [2.75, 3.05) is 5.32 Å². The lowest BCUT2D eigenvalue weighted by molar-refractivity contribution is -0.122. The van der Waals surface area contributed by atoms with Gasteiger partial charge in [0.2, 0.25) is 0 Å². The molecule has 2 aromatic carbocycles. The van der Waals surface area contributed by atoms with Gasteiger partial charge in [0.1, 0.15) is 5.75 Å². The zero-order chi connectivity index (χ0) is 16.1. The Bertz CT molecular complexity index is 670. The van der Waals surface area contributed by atoms with Crippen molar-refractivity contribution in [3.8, 4) is 5.75 Å². The van der Waals surface area contributed by atoms with Crippen LogP contribution in [0.3, 0.4) is 0 Å². The van der Waals surface area contributed by atoms with E-state index in [1.54, 1.807) is 0 Å². The summed E-state index contributed by atoms with van der Waals surface area (Å²) in [6.45, 7) is 5.93. The molecular weight excluding hydrogens is 342 g/mol. The maximum Gasteiger partial charge on any atom is 0.265 e. The number of hydrogen-bond acceptors (Lipinski definition) is 2. The largest absolute Gasteiger partial charge is 0.480 e. The second-order valence-corrected chi connectivity index (χ2v) is 6.11. The van der Waals surface area contributed by atoms with Crippen molar-refractivity contribution in [2.45, 2.75) is 33.3 Å². The number of para-hydroxylation sites is 1. The molecule has 2 rings (SSSR count). The van der Waals surface area contributed by atoms with E-state index in [0.29, 0.717) is 6.42 Å². The second-order valence-electron chi connectivity index (χ2n) is 5.25. The normalized spacial score (nSPS) is 11.8. The summed E-state index contributed by atoms with van der Waals surface area (Å²) in [4.78, 5) is 12.4. The first-order chi connectivity index (χ1) is 10.5. The number of nitrogens with one attached hydrogen (secondary N) is 1. The van der Waals surface area contributed by atoms with Gasteiger partial charge in [-0.3, -0.25) is 4.79 Å². The number of benzene rings is 2. The van der Waals surface area contributed by atoms with Crippen LogP contribution in [0.5, 0.6) is 5.75 Å². The van der Waals surface area contributed by atoms with Crippen LogP contribution >= 0.6 is 15.9 Å². The molecule has 0 aliphatic carbocycles. The summed E-state index contributed by atoms with van der Waals surface area (Å²) in [5.74, 6) is 0.615. The van der Waals surface area contributed by atoms with Gasteiger partial charge in [-0.2, -0.15) is 0 Å². The molecule has 1 atom stereocenters. The number of carbonyl (C=O) groups excluding carboxylic acids is 1. The maximum absolute atomic E-state index is 12.4. The molecule has 0 aromatic heterocycles. The lowest BCUT2D eigenvalue weighted by Gasteiger charge is -2.19. The number of amides is 1. The highest BCUT2D eigenvalue weighted by molar-refractivity contribution is 9.10. The van der Waals surface area contributed by atoms with Gasteiger partial charge in [-0.15, -0.1) is 0 Å². The van der Waals surface area contributed by atoms with E-state index in [0.717, 1.165) is 27.0 Å². The third-order valence-corrected chi connectivity index (χ3v) is 4.10. The van der Waals surface area contributed by atoms with Gasteiger partial charge in [0.05, 0.1) is 5.69 Å². The van der Waals surface area contributed by atoms with E-state index in [2.05, 4.69) is 21.2 Å². The Balaban J connectivity index is 2.12. The number of anilines is 1. The van der Waals surface area contributed by atoms with E-state index in [1.165, 1.54) is 0 Å². The molecule has 2 aromatic rings. The first-order valence-electron chi connectivity index (χ1n) is 7.30. The van der Waals surface area contributed by atoms with Gasteiger partial charge in [0, 0.05) is 4.47 Å². The topological polar surface area (TPSA) is 38.3 Å². The van der Waals surface area contributed by atoms with Crippen LogP contribution < -0.4 is 10.1 Å². The zero-order valence-electron chi connectivity index (χ0n) is 13.0. The molecule has 0 fully saturated rings.